The van der Waals surface area contributed by atoms with Crippen LogP contribution in [0.1, 0.15) is 41.3 Å². The Morgan fingerprint density at radius 2 is 2.10 bits per heavy atom. The van der Waals surface area contributed by atoms with Crippen molar-refractivity contribution in [2.45, 2.75) is 46.1 Å². The van der Waals surface area contributed by atoms with Crippen molar-refractivity contribution in [3.05, 3.63) is 15.6 Å². The molecule has 0 aromatic carbocycles. The molecule has 1 fully saturated rings. The largest absolute Gasteiger partial charge is 0.356 e. The minimum absolute atomic E-state index is 0. The lowest BCUT2D eigenvalue weighted by atomic mass is 10.2. The maximum absolute atomic E-state index is 4.43. The summed E-state index contributed by atoms with van der Waals surface area (Å²) in [5.74, 6) is 1.90. The van der Waals surface area contributed by atoms with Gasteiger partial charge in [-0.15, -0.1) is 35.3 Å². The lowest BCUT2D eigenvalue weighted by molar-refractivity contribution is 0.645. The van der Waals surface area contributed by atoms with E-state index in [2.05, 4.69) is 27.5 Å². The van der Waals surface area contributed by atoms with Gasteiger partial charge in [-0.2, -0.15) is 0 Å². The van der Waals surface area contributed by atoms with Crippen LogP contribution in [0.2, 0.25) is 0 Å². The maximum atomic E-state index is 4.43. The lowest BCUT2D eigenvalue weighted by Crippen LogP contribution is -2.37. The van der Waals surface area contributed by atoms with E-state index in [1.807, 2.05) is 14.0 Å². The Labute approximate surface area is 142 Å². The Morgan fingerprint density at radius 1 is 1.35 bits per heavy atom. The Kier molecular flexibility index (Phi) is 7.79. The highest BCUT2D eigenvalue weighted by atomic mass is 127. The summed E-state index contributed by atoms with van der Waals surface area (Å²) in [6.07, 6.45) is 5.48. The highest BCUT2D eigenvalue weighted by Gasteiger charge is 2.19. The van der Waals surface area contributed by atoms with Crippen LogP contribution in [0, 0.1) is 19.8 Å². The van der Waals surface area contributed by atoms with Crippen molar-refractivity contribution in [3.8, 4) is 0 Å². The molecule has 2 rings (SSSR count). The summed E-state index contributed by atoms with van der Waals surface area (Å²) in [7, 11) is 1.82. The predicted molar refractivity (Wildman–Crippen MR) is 97.2 cm³/mol. The molecule has 1 aliphatic carbocycles. The summed E-state index contributed by atoms with van der Waals surface area (Å²) < 4.78 is 0. The van der Waals surface area contributed by atoms with Crippen molar-refractivity contribution in [2.75, 3.05) is 13.6 Å². The quantitative estimate of drug-likeness (QED) is 0.329. The van der Waals surface area contributed by atoms with Gasteiger partial charge >= 0.3 is 0 Å². The Morgan fingerprint density at radius 3 is 2.65 bits per heavy atom. The molecule has 1 aliphatic rings. The van der Waals surface area contributed by atoms with E-state index in [0.717, 1.165) is 35.7 Å². The van der Waals surface area contributed by atoms with Crippen LogP contribution in [0.25, 0.3) is 0 Å². The minimum atomic E-state index is 0. The van der Waals surface area contributed by atoms with Crippen LogP contribution in [0.5, 0.6) is 0 Å². The molecule has 114 valence electrons. The average molecular weight is 408 g/mol. The smallest absolute Gasteiger partial charge is 0.191 e. The van der Waals surface area contributed by atoms with E-state index in [0.29, 0.717) is 0 Å². The number of thiazole rings is 1. The van der Waals surface area contributed by atoms with E-state index >= 15 is 0 Å². The second-order valence-corrected chi connectivity index (χ2v) is 6.47. The molecule has 1 aromatic heterocycles. The summed E-state index contributed by atoms with van der Waals surface area (Å²) in [5, 5.41) is 7.85. The molecule has 1 heterocycles. The number of aliphatic imine (C=N–C) groups is 1. The number of hydrogen-bond acceptors (Lipinski definition) is 3. The van der Waals surface area contributed by atoms with Gasteiger partial charge in [0.25, 0.3) is 0 Å². The van der Waals surface area contributed by atoms with Crippen LogP contribution >= 0.6 is 35.3 Å². The molecule has 2 N–H and O–H groups in total. The molecule has 0 radical (unpaired) electrons. The Balaban J connectivity index is 0.00000200. The second-order valence-electron chi connectivity index (χ2n) is 5.18. The van der Waals surface area contributed by atoms with Crippen LogP contribution < -0.4 is 10.6 Å². The molecule has 1 saturated carbocycles. The number of aromatic nitrogens is 1. The lowest BCUT2D eigenvalue weighted by Gasteiger charge is -2.11. The Bertz CT molecular complexity index is 440. The molecular weight excluding hydrogens is 383 g/mol. The summed E-state index contributed by atoms with van der Waals surface area (Å²) in [6, 6.07) is 0. The molecule has 6 heteroatoms. The fourth-order valence-corrected chi connectivity index (χ4v) is 3.00. The number of halogens is 1. The first-order chi connectivity index (χ1) is 9.19. The van der Waals surface area contributed by atoms with E-state index in [1.54, 1.807) is 11.3 Å². The number of guanidine groups is 1. The van der Waals surface area contributed by atoms with Gasteiger partial charge in [-0.05, 0) is 32.6 Å². The summed E-state index contributed by atoms with van der Waals surface area (Å²) >= 11 is 1.75. The molecule has 20 heavy (non-hydrogen) atoms. The van der Waals surface area contributed by atoms with E-state index in [1.165, 1.54) is 30.6 Å². The Hall–Kier alpha value is -0.370. The standard InChI is InChI=1S/C14H24N4S.HI/c1-10-13(19-11(2)18-10)9-17-14(15-3)16-8-4-5-12-6-7-12;/h12H,4-9H2,1-3H3,(H2,15,16,17);1H. The number of nitrogens with one attached hydrogen (secondary N) is 2. The third kappa shape index (κ3) is 5.95. The van der Waals surface area contributed by atoms with Crippen molar-refractivity contribution in [2.24, 2.45) is 10.9 Å². The maximum Gasteiger partial charge on any atom is 0.191 e. The van der Waals surface area contributed by atoms with Crippen LogP contribution in [0.3, 0.4) is 0 Å². The van der Waals surface area contributed by atoms with Gasteiger partial charge in [-0.1, -0.05) is 12.8 Å². The van der Waals surface area contributed by atoms with Crippen molar-refractivity contribution in [3.63, 3.8) is 0 Å². The third-order valence-corrected chi connectivity index (χ3v) is 4.49. The monoisotopic (exact) mass is 408 g/mol. The number of hydrogen-bond donors (Lipinski definition) is 2. The van der Waals surface area contributed by atoms with Crippen LogP contribution in [0.15, 0.2) is 4.99 Å². The van der Waals surface area contributed by atoms with Crippen LogP contribution in [-0.2, 0) is 6.54 Å². The molecule has 0 atom stereocenters. The van der Waals surface area contributed by atoms with Gasteiger partial charge in [0.1, 0.15) is 0 Å². The minimum Gasteiger partial charge on any atom is -0.356 e. The first-order valence-corrected chi connectivity index (χ1v) is 7.88. The second kappa shape index (κ2) is 8.81. The van der Waals surface area contributed by atoms with Gasteiger partial charge in [0.15, 0.2) is 5.96 Å². The van der Waals surface area contributed by atoms with Crippen molar-refractivity contribution < 1.29 is 0 Å². The fourth-order valence-electron chi connectivity index (χ4n) is 2.13. The molecule has 4 nitrogen and oxygen atoms in total. The van der Waals surface area contributed by atoms with Crippen LogP contribution in [-0.4, -0.2) is 24.5 Å². The number of aryl methyl sites for hydroxylation is 2. The van der Waals surface area contributed by atoms with Gasteiger partial charge in [-0.3, -0.25) is 4.99 Å². The van der Waals surface area contributed by atoms with E-state index < -0.39 is 0 Å². The van der Waals surface area contributed by atoms with Gasteiger partial charge in [0.2, 0.25) is 0 Å². The molecule has 0 amide bonds. The van der Waals surface area contributed by atoms with E-state index in [4.69, 9.17) is 0 Å². The first kappa shape index (κ1) is 17.7. The zero-order valence-corrected chi connectivity index (χ0v) is 15.7. The zero-order valence-electron chi connectivity index (χ0n) is 12.5. The van der Waals surface area contributed by atoms with Gasteiger partial charge in [-0.25, -0.2) is 4.98 Å². The van der Waals surface area contributed by atoms with Gasteiger partial charge < -0.3 is 10.6 Å². The normalized spacial score (nSPS) is 14.8. The predicted octanol–water partition coefficient (Wildman–Crippen LogP) is 3.23. The van der Waals surface area contributed by atoms with Crippen LogP contribution in [0.4, 0.5) is 0 Å². The average Bonchev–Trinajstić information content (AvgIpc) is 3.14. The number of rotatable bonds is 6. The molecule has 1 aromatic rings. The molecule has 0 aliphatic heterocycles. The van der Waals surface area contributed by atoms with Gasteiger partial charge in [0, 0.05) is 18.5 Å². The topological polar surface area (TPSA) is 49.3 Å². The summed E-state index contributed by atoms with van der Waals surface area (Å²) in [4.78, 5) is 9.98. The zero-order chi connectivity index (χ0) is 13.7. The van der Waals surface area contributed by atoms with Crippen molar-refractivity contribution >= 4 is 41.3 Å². The molecule has 0 unspecified atom stereocenters. The van der Waals surface area contributed by atoms with Crippen molar-refractivity contribution in [1.82, 2.24) is 15.6 Å². The van der Waals surface area contributed by atoms with Gasteiger partial charge in [0.05, 0.1) is 17.2 Å². The highest BCUT2D eigenvalue weighted by molar-refractivity contribution is 14.0. The highest BCUT2D eigenvalue weighted by Crippen LogP contribution is 2.33. The number of nitrogens with zero attached hydrogens (tertiary/aromatic N) is 2. The summed E-state index contributed by atoms with van der Waals surface area (Å²) in [6.45, 7) is 5.93. The molecule has 0 bridgehead atoms. The SMILES string of the molecule is CN=C(NCCCC1CC1)NCc1sc(C)nc1C.I. The summed E-state index contributed by atoms with van der Waals surface area (Å²) in [5.41, 5.74) is 1.12. The molecule has 0 spiro atoms. The van der Waals surface area contributed by atoms with E-state index in [-0.39, 0.29) is 24.0 Å². The fraction of sp³-hybridized carbons (Fsp3) is 0.714. The van der Waals surface area contributed by atoms with Crippen molar-refractivity contribution in [1.29, 1.82) is 0 Å². The first-order valence-electron chi connectivity index (χ1n) is 7.06. The molecular formula is C14H25IN4S. The molecule has 0 saturated heterocycles. The third-order valence-electron chi connectivity index (χ3n) is 3.42. The van der Waals surface area contributed by atoms with E-state index in [9.17, 15) is 0 Å².